The molecule has 0 atom stereocenters. The molecule has 0 aliphatic rings. The molecular formula is C16H27FIN3O2S. The number of nitrogens with zero attached hydrogens (tertiary/aromatic N) is 1. The summed E-state index contributed by atoms with van der Waals surface area (Å²) in [6, 6.07) is 6.24. The van der Waals surface area contributed by atoms with Gasteiger partial charge in [-0.05, 0) is 45.4 Å². The number of sulfone groups is 1. The number of benzene rings is 1. The van der Waals surface area contributed by atoms with Gasteiger partial charge in [-0.1, -0.05) is 12.1 Å². The SMILES string of the molecule is CCNC(=NCc1cccc(F)c1)NCCS(=O)(=O)C(C)(C)C.I. The first kappa shape index (κ1) is 23.1. The van der Waals surface area contributed by atoms with Gasteiger partial charge >= 0.3 is 0 Å². The Morgan fingerprint density at radius 3 is 2.46 bits per heavy atom. The molecule has 1 aromatic rings. The Kier molecular flexibility index (Phi) is 9.79. The molecule has 1 aromatic carbocycles. The van der Waals surface area contributed by atoms with Crippen molar-refractivity contribution in [1.82, 2.24) is 10.6 Å². The number of rotatable bonds is 6. The Morgan fingerprint density at radius 1 is 1.25 bits per heavy atom. The van der Waals surface area contributed by atoms with E-state index in [4.69, 9.17) is 0 Å². The summed E-state index contributed by atoms with van der Waals surface area (Å²) in [6.45, 7) is 8.22. The molecule has 0 amide bonds. The van der Waals surface area contributed by atoms with Gasteiger partial charge in [0.2, 0.25) is 0 Å². The van der Waals surface area contributed by atoms with Crippen molar-refractivity contribution in [3.8, 4) is 0 Å². The Hall–Kier alpha value is -0.900. The van der Waals surface area contributed by atoms with Crippen molar-refractivity contribution in [2.45, 2.75) is 39.0 Å². The summed E-state index contributed by atoms with van der Waals surface area (Å²) in [6.07, 6.45) is 0. The van der Waals surface area contributed by atoms with Gasteiger partial charge in [-0.15, -0.1) is 24.0 Å². The van der Waals surface area contributed by atoms with Crippen LogP contribution in [0.5, 0.6) is 0 Å². The standard InChI is InChI=1S/C16H26FN3O2S.HI/c1-5-18-15(19-9-10-23(21,22)16(2,3)4)20-12-13-7-6-8-14(17)11-13;/h6-8,11H,5,9-10,12H2,1-4H3,(H2,18,19,20);1H. The van der Waals surface area contributed by atoms with Crippen molar-refractivity contribution in [2.75, 3.05) is 18.8 Å². The van der Waals surface area contributed by atoms with Gasteiger partial charge < -0.3 is 10.6 Å². The molecule has 0 fully saturated rings. The Bertz CT molecular complexity index is 643. The molecule has 5 nitrogen and oxygen atoms in total. The molecule has 2 N–H and O–H groups in total. The van der Waals surface area contributed by atoms with E-state index in [9.17, 15) is 12.8 Å². The lowest BCUT2D eigenvalue weighted by atomic mass is 10.2. The maximum absolute atomic E-state index is 13.1. The van der Waals surface area contributed by atoms with Gasteiger partial charge in [-0.3, -0.25) is 0 Å². The second-order valence-electron chi connectivity index (χ2n) is 6.18. The highest BCUT2D eigenvalue weighted by atomic mass is 127. The molecular weight excluding hydrogens is 444 g/mol. The predicted molar refractivity (Wildman–Crippen MR) is 108 cm³/mol. The van der Waals surface area contributed by atoms with Crippen LogP contribution in [0.3, 0.4) is 0 Å². The molecule has 0 radical (unpaired) electrons. The first-order chi connectivity index (χ1) is 10.7. The van der Waals surface area contributed by atoms with E-state index in [2.05, 4.69) is 15.6 Å². The van der Waals surface area contributed by atoms with Gasteiger partial charge in [0.25, 0.3) is 0 Å². The molecule has 138 valence electrons. The van der Waals surface area contributed by atoms with Crippen LogP contribution in [0, 0.1) is 5.82 Å². The van der Waals surface area contributed by atoms with E-state index in [0.717, 1.165) is 5.56 Å². The maximum Gasteiger partial charge on any atom is 0.191 e. The van der Waals surface area contributed by atoms with Crippen molar-refractivity contribution in [3.05, 3.63) is 35.6 Å². The minimum absolute atomic E-state index is 0. The van der Waals surface area contributed by atoms with Crippen LogP contribution in [-0.2, 0) is 16.4 Å². The normalized spacial score (nSPS) is 12.5. The highest BCUT2D eigenvalue weighted by molar-refractivity contribution is 14.0. The largest absolute Gasteiger partial charge is 0.357 e. The summed E-state index contributed by atoms with van der Waals surface area (Å²) in [5, 5.41) is 6.04. The first-order valence-corrected chi connectivity index (χ1v) is 9.30. The molecule has 0 saturated carbocycles. The zero-order chi connectivity index (χ0) is 17.5. The summed E-state index contributed by atoms with van der Waals surface area (Å²) < 4.78 is 36.5. The van der Waals surface area contributed by atoms with Crippen molar-refractivity contribution in [3.63, 3.8) is 0 Å². The second-order valence-corrected chi connectivity index (χ2v) is 9.05. The highest BCUT2D eigenvalue weighted by Gasteiger charge is 2.28. The molecule has 0 aliphatic heterocycles. The van der Waals surface area contributed by atoms with Gasteiger partial charge in [0.1, 0.15) is 5.82 Å². The molecule has 0 bridgehead atoms. The summed E-state index contributed by atoms with van der Waals surface area (Å²) in [7, 11) is -3.18. The van der Waals surface area contributed by atoms with Gasteiger partial charge in [-0.2, -0.15) is 0 Å². The summed E-state index contributed by atoms with van der Waals surface area (Å²) in [4.78, 5) is 4.34. The lowest BCUT2D eigenvalue weighted by Gasteiger charge is -2.19. The van der Waals surface area contributed by atoms with Crippen molar-refractivity contribution in [1.29, 1.82) is 0 Å². The number of halogens is 2. The lowest BCUT2D eigenvalue weighted by molar-refractivity contribution is 0.559. The average Bonchev–Trinajstić information content (AvgIpc) is 2.43. The summed E-state index contributed by atoms with van der Waals surface area (Å²) in [5.41, 5.74) is 0.754. The van der Waals surface area contributed by atoms with Crippen LogP contribution < -0.4 is 10.6 Å². The van der Waals surface area contributed by atoms with E-state index >= 15 is 0 Å². The van der Waals surface area contributed by atoms with E-state index in [1.54, 1.807) is 32.9 Å². The van der Waals surface area contributed by atoms with Gasteiger partial charge in [0.05, 0.1) is 17.0 Å². The number of hydrogen-bond donors (Lipinski definition) is 2. The van der Waals surface area contributed by atoms with Crippen LogP contribution in [0.4, 0.5) is 4.39 Å². The average molecular weight is 471 g/mol. The van der Waals surface area contributed by atoms with E-state index < -0.39 is 14.6 Å². The van der Waals surface area contributed by atoms with Gasteiger partial charge in [0, 0.05) is 13.1 Å². The summed E-state index contributed by atoms with van der Waals surface area (Å²) in [5.74, 6) is 0.244. The van der Waals surface area contributed by atoms with Crippen molar-refractivity contribution >= 4 is 39.8 Å². The lowest BCUT2D eigenvalue weighted by Crippen LogP contribution is -2.41. The van der Waals surface area contributed by atoms with E-state index in [1.807, 2.05) is 6.92 Å². The fourth-order valence-corrected chi connectivity index (χ4v) is 2.74. The molecule has 1 rings (SSSR count). The Morgan fingerprint density at radius 2 is 1.92 bits per heavy atom. The smallest absolute Gasteiger partial charge is 0.191 e. The van der Waals surface area contributed by atoms with E-state index in [0.29, 0.717) is 19.0 Å². The number of guanidine groups is 1. The van der Waals surface area contributed by atoms with E-state index in [-0.39, 0.29) is 42.1 Å². The molecule has 0 unspecified atom stereocenters. The zero-order valence-electron chi connectivity index (χ0n) is 14.6. The number of nitrogens with one attached hydrogen (secondary N) is 2. The highest BCUT2D eigenvalue weighted by Crippen LogP contribution is 2.15. The topological polar surface area (TPSA) is 70.6 Å². The third kappa shape index (κ3) is 7.78. The van der Waals surface area contributed by atoms with Gasteiger partial charge in [0.15, 0.2) is 15.8 Å². The minimum atomic E-state index is -3.18. The van der Waals surface area contributed by atoms with Crippen LogP contribution in [0.1, 0.15) is 33.3 Å². The molecule has 0 spiro atoms. The monoisotopic (exact) mass is 471 g/mol. The molecule has 0 heterocycles. The molecule has 8 heteroatoms. The third-order valence-electron chi connectivity index (χ3n) is 3.25. The van der Waals surface area contributed by atoms with Crippen molar-refractivity contribution in [2.24, 2.45) is 4.99 Å². The second kappa shape index (κ2) is 10.2. The van der Waals surface area contributed by atoms with Crippen LogP contribution in [-0.4, -0.2) is 38.0 Å². The minimum Gasteiger partial charge on any atom is -0.357 e. The third-order valence-corrected chi connectivity index (χ3v) is 5.86. The fourth-order valence-electron chi connectivity index (χ4n) is 1.76. The Balaban J connectivity index is 0.00000529. The predicted octanol–water partition coefficient (Wildman–Crippen LogP) is 2.71. The molecule has 0 aromatic heterocycles. The van der Waals surface area contributed by atoms with Crippen molar-refractivity contribution < 1.29 is 12.8 Å². The molecule has 24 heavy (non-hydrogen) atoms. The Labute approximate surface area is 161 Å². The molecule has 0 aliphatic carbocycles. The fraction of sp³-hybridized carbons (Fsp3) is 0.562. The van der Waals surface area contributed by atoms with Crippen LogP contribution in [0.15, 0.2) is 29.3 Å². The van der Waals surface area contributed by atoms with Gasteiger partial charge in [-0.25, -0.2) is 17.8 Å². The van der Waals surface area contributed by atoms with Crippen LogP contribution in [0.25, 0.3) is 0 Å². The zero-order valence-corrected chi connectivity index (χ0v) is 17.7. The van der Waals surface area contributed by atoms with Crippen LogP contribution >= 0.6 is 24.0 Å². The maximum atomic E-state index is 13.1. The van der Waals surface area contributed by atoms with Crippen LogP contribution in [0.2, 0.25) is 0 Å². The summed E-state index contributed by atoms with van der Waals surface area (Å²) >= 11 is 0. The first-order valence-electron chi connectivity index (χ1n) is 7.64. The molecule has 0 saturated heterocycles. The number of hydrogen-bond acceptors (Lipinski definition) is 3. The van der Waals surface area contributed by atoms with E-state index in [1.165, 1.54) is 12.1 Å². The quantitative estimate of drug-likeness (QED) is 0.381. The number of aliphatic imine (C=N–C) groups is 1.